The number of aryl methyl sites for hydroxylation is 2. The first-order valence-electron chi connectivity index (χ1n) is 5.82. The summed E-state index contributed by atoms with van der Waals surface area (Å²) in [4.78, 5) is 0.202. The van der Waals surface area contributed by atoms with Crippen molar-refractivity contribution in [1.82, 2.24) is 14.5 Å². The molecule has 19 heavy (non-hydrogen) atoms. The molecule has 0 aliphatic heterocycles. The van der Waals surface area contributed by atoms with Crippen LogP contribution in [0.4, 0.5) is 0 Å². The van der Waals surface area contributed by atoms with Gasteiger partial charge in [-0.3, -0.25) is 4.68 Å². The Balaban J connectivity index is 3.05. The normalized spacial score (nSPS) is 14.1. The minimum absolute atomic E-state index is 0.202. The van der Waals surface area contributed by atoms with Crippen molar-refractivity contribution in [2.75, 3.05) is 14.2 Å². The highest BCUT2D eigenvalue weighted by Gasteiger charge is 2.28. The number of nitrogens with one attached hydrogen (secondary N) is 1. The summed E-state index contributed by atoms with van der Waals surface area (Å²) in [5, 5.41) is 4.10. The summed E-state index contributed by atoms with van der Waals surface area (Å²) in [5.41, 5.74) is 1.05. The second-order valence-corrected chi connectivity index (χ2v) is 6.02. The lowest BCUT2D eigenvalue weighted by molar-refractivity contribution is -0.115. The van der Waals surface area contributed by atoms with E-state index in [1.165, 1.54) is 14.2 Å². The highest BCUT2D eigenvalue weighted by molar-refractivity contribution is 7.89. The Kier molecular flexibility index (Phi) is 5.08. The van der Waals surface area contributed by atoms with E-state index in [4.69, 9.17) is 9.47 Å². The lowest BCUT2D eigenvalue weighted by Crippen LogP contribution is -2.43. The van der Waals surface area contributed by atoms with E-state index in [0.717, 1.165) is 0 Å². The first kappa shape index (κ1) is 16.1. The number of ether oxygens (including phenoxy) is 2. The molecule has 7 nitrogen and oxygen atoms in total. The molecule has 0 aliphatic rings. The number of hydrogen-bond acceptors (Lipinski definition) is 5. The van der Waals surface area contributed by atoms with Crippen LogP contribution in [0.2, 0.25) is 0 Å². The zero-order valence-corrected chi connectivity index (χ0v) is 12.9. The molecule has 1 aromatic heterocycles. The number of sulfonamides is 1. The second kappa shape index (κ2) is 6.00. The molecule has 8 heteroatoms. The van der Waals surface area contributed by atoms with E-state index in [1.54, 1.807) is 32.5 Å². The monoisotopic (exact) mass is 291 g/mol. The quantitative estimate of drug-likeness (QED) is 0.763. The molecule has 0 bridgehead atoms. The van der Waals surface area contributed by atoms with Crippen LogP contribution in [0.25, 0.3) is 0 Å². The molecule has 1 atom stereocenters. The first-order valence-corrected chi connectivity index (χ1v) is 7.31. The van der Waals surface area contributed by atoms with E-state index in [2.05, 4.69) is 9.82 Å². The van der Waals surface area contributed by atoms with Gasteiger partial charge in [0.15, 0.2) is 6.29 Å². The standard InChI is InChI=1S/C11H21N3O4S/c1-7-10(9(3)14(4)12-7)19(15,16)13-8(2)11(17-5)18-6/h8,11,13H,1-6H3. The van der Waals surface area contributed by atoms with E-state index < -0.39 is 22.4 Å². The topological polar surface area (TPSA) is 82.4 Å². The Hall–Kier alpha value is -0.960. The molecule has 0 aliphatic carbocycles. The van der Waals surface area contributed by atoms with Crippen LogP contribution in [-0.4, -0.2) is 44.7 Å². The van der Waals surface area contributed by atoms with Crippen molar-refractivity contribution in [2.45, 2.75) is 38.0 Å². The molecular weight excluding hydrogens is 270 g/mol. The van der Waals surface area contributed by atoms with Gasteiger partial charge in [0.25, 0.3) is 0 Å². The minimum atomic E-state index is -3.66. The van der Waals surface area contributed by atoms with Crippen molar-refractivity contribution < 1.29 is 17.9 Å². The summed E-state index contributed by atoms with van der Waals surface area (Å²) in [6, 6.07) is -0.515. The summed E-state index contributed by atoms with van der Waals surface area (Å²) in [5.74, 6) is 0. The molecule has 1 rings (SSSR count). The average molecular weight is 291 g/mol. The third-order valence-corrected chi connectivity index (χ3v) is 4.74. The van der Waals surface area contributed by atoms with Gasteiger partial charge in [0.05, 0.1) is 17.4 Å². The zero-order valence-electron chi connectivity index (χ0n) is 12.1. The molecule has 0 saturated carbocycles. The maximum atomic E-state index is 12.4. The Labute approximate surface area is 113 Å². The Bertz CT molecular complexity index is 534. The van der Waals surface area contributed by atoms with Gasteiger partial charge in [-0.25, -0.2) is 13.1 Å². The molecule has 0 amide bonds. The Morgan fingerprint density at radius 1 is 1.26 bits per heavy atom. The smallest absolute Gasteiger partial charge is 0.244 e. The van der Waals surface area contributed by atoms with Gasteiger partial charge in [-0.1, -0.05) is 0 Å². The van der Waals surface area contributed by atoms with Gasteiger partial charge in [-0.2, -0.15) is 5.10 Å². The van der Waals surface area contributed by atoms with E-state index >= 15 is 0 Å². The van der Waals surface area contributed by atoms with Crippen molar-refractivity contribution >= 4 is 10.0 Å². The van der Waals surface area contributed by atoms with Crippen molar-refractivity contribution in [3.05, 3.63) is 11.4 Å². The predicted molar refractivity (Wildman–Crippen MR) is 70.3 cm³/mol. The van der Waals surface area contributed by atoms with Crippen molar-refractivity contribution in [2.24, 2.45) is 7.05 Å². The van der Waals surface area contributed by atoms with Gasteiger partial charge in [-0.05, 0) is 20.8 Å². The van der Waals surface area contributed by atoms with Crippen LogP contribution >= 0.6 is 0 Å². The Morgan fingerprint density at radius 2 is 1.79 bits per heavy atom. The summed E-state index contributed by atoms with van der Waals surface area (Å²) in [6.45, 7) is 5.05. The van der Waals surface area contributed by atoms with Crippen molar-refractivity contribution in [3.8, 4) is 0 Å². The molecule has 0 radical (unpaired) electrons. The number of nitrogens with zero attached hydrogens (tertiary/aromatic N) is 2. The number of hydrogen-bond donors (Lipinski definition) is 1. The van der Waals surface area contributed by atoms with Crippen LogP contribution in [0.3, 0.4) is 0 Å². The lowest BCUT2D eigenvalue weighted by Gasteiger charge is -2.22. The van der Waals surface area contributed by atoms with Crippen LogP contribution in [0.5, 0.6) is 0 Å². The molecule has 1 heterocycles. The zero-order chi connectivity index (χ0) is 14.8. The third kappa shape index (κ3) is 3.33. The highest BCUT2D eigenvalue weighted by atomic mass is 32.2. The van der Waals surface area contributed by atoms with Gasteiger partial charge in [-0.15, -0.1) is 0 Å². The van der Waals surface area contributed by atoms with Gasteiger partial charge in [0.2, 0.25) is 10.0 Å². The van der Waals surface area contributed by atoms with Crippen LogP contribution in [-0.2, 0) is 26.5 Å². The average Bonchev–Trinajstić information content (AvgIpc) is 2.54. The van der Waals surface area contributed by atoms with E-state index in [0.29, 0.717) is 11.4 Å². The Morgan fingerprint density at radius 3 is 2.16 bits per heavy atom. The molecule has 1 unspecified atom stereocenters. The van der Waals surface area contributed by atoms with Crippen LogP contribution in [0.15, 0.2) is 4.90 Å². The lowest BCUT2D eigenvalue weighted by atomic mass is 10.3. The third-order valence-electron chi connectivity index (χ3n) is 2.93. The van der Waals surface area contributed by atoms with Gasteiger partial charge in [0, 0.05) is 21.3 Å². The fourth-order valence-electron chi connectivity index (χ4n) is 2.01. The van der Waals surface area contributed by atoms with Gasteiger partial charge >= 0.3 is 0 Å². The first-order chi connectivity index (χ1) is 8.74. The molecule has 1 aromatic rings. The van der Waals surface area contributed by atoms with E-state index in [1.807, 2.05) is 0 Å². The van der Waals surface area contributed by atoms with E-state index in [-0.39, 0.29) is 4.90 Å². The maximum absolute atomic E-state index is 12.4. The predicted octanol–water partition coefficient (Wildman–Crippen LogP) is 0.323. The summed E-state index contributed by atoms with van der Waals surface area (Å²) in [6.07, 6.45) is -0.646. The number of aromatic nitrogens is 2. The van der Waals surface area contributed by atoms with Crippen LogP contribution < -0.4 is 4.72 Å². The summed E-state index contributed by atoms with van der Waals surface area (Å²) in [7, 11) is 0.963. The highest BCUT2D eigenvalue weighted by Crippen LogP contribution is 2.19. The van der Waals surface area contributed by atoms with Gasteiger partial charge in [0.1, 0.15) is 4.90 Å². The van der Waals surface area contributed by atoms with E-state index in [9.17, 15) is 8.42 Å². The van der Waals surface area contributed by atoms with Gasteiger partial charge < -0.3 is 9.47 Å². The largest absolute Gasteiger partial charge is 0.354 e. The molecule has 0 aromatic carbocycles. The molecule has 0 saturated heterocycles. The number of rotatable bonds is 6. The number of methoxy groups -OCH3 is 2. The second-order valence-electron chi connectivity index (χ2n) is 4.37. The summed E-state index contributed by atoms with van der Waals surface area (Å²) < 4.78 is 38.9. The molecule has 0 fully saturated rings. The molecule has 0 spiro atoms. The fourth-order valence-corrected chi connectivity index (χ4v) is 3.68. The minimum Gasteiger partial charge on any atom is -0.354 e. The fraction of sp³-hybridized carbons (Fsp3) is 0.727. The SMILES string of the molecule is COC(OC)C(C)NS(=O)(=O)c1c(C)nn(C)c1C. The molecule has 110 valence electrons. The summed E-state index contributed by atoms with van der Waals surface area (Å²) >= 11 is 0. The van der Waals surface area contributed by atoms with Crippen LogP contribution in [0, 0.1) is 13.8 Å². The van der Waals surface area contributed by atoms with Crippen LogP contribution in [0.1, 0.15) is 18.3 Å². The molecular formula is C11H21N3O4S. The molecule has 1 N–H and O–H groups in total. The van der Waals surface area contributed by atoms with Crippen molar-refractivity contribution in [1.29, 1.82) is 0 Å². The maximum Gasteiger partial charge on any atom is 0.244 e. The van der Waals surface area contributed by atoms with Crippen molar-refractivity contribution in [3.63, 3.8) is 0 Å².